The lowest BCUT2D eigenvalue weighted by Crippen LogP contribution is -2.40. The third kappa shape index (κ3) is 4.32. The fourth-order valence-electron chi connectivity index (χ4n) is 4.15. The standard InChI is InChI=1S/C23H29N3O3/c1-3-10-26-11-8-16(9-12-26)15-24-23(27)25-19-14-21-18(13-22(19)28-2)17-6-4-5-7-20(17)29-21/h4-7,13-14,16H,3,8-12,15H2,1-2H3,(H2,24,25,27). The number of urea groups is 1. The van der Waals surface area contributed by atoms with Crippen LogP contribution in [0.25, 0.3) is 21.9 Å². The second kappa shape index (κ2) is 8.74. The van der Waals surface area contributed by atoms with E-state index in [-0.39, 0.29) is 6.03 Å². The summed E-state index contributed by atoms with van der Waals surface area (Å²) in [5.74, 6) is 1.15. The summed E-state index contributed by atoms with van der Waals surface area (Å²) < 4.78 is 11.4. The van der Waals surface area contributed by atoms with Gasteiger partial charge in [0.1, 0.15) is 16.9 Å². The maximum Gasteiger partial charge on any atom is 0.319 e. The smallest absolute Gasteiger partial charge is 0.319 e. The van der Waals surface area contributed by atoms with Gasteiger partial charge in [-0.1, -0.05) is 25.1 Å². The van der Waals surface area contributed by atoms with E-state index in [4.69, 9.17) is 9.15 Å². The normalized spacial score (nSPS) is 15.7. The first-order valence-corrected chi connectivity index (χ1v) is 10.4. The number of fused-ring (bicyclic) bond motifs is 3. The summed E-state index contributed by atoms with van der Waals surface area (Å²) in [4.78, 5) is 15.0. The number of carbonyl (C=O) groups is 1. The average molecular weight is 396 g/mol. The molecular weight excluding hydrogens is 366 g/mol. The number of benzene rings is 2. The fourth-order valence-corrected chi connectivity index (χ4v) is 4.15. The van der Waals surface area contributed by atoms with Crippen molar-refractivity contribution < 1.29 is 13.9 Å². The molecule has 0 aliphatic carbocycles. The molecule has 29 heavy (non-hydrogen) atoms. The molecule has 1 saturated heterocycles. The summed E-state index contributed by atoms with van der Waals surface area (Å²) in [5.41, 5.74) is 2.15. The molecule has 0 unspecified atom stereocenters. The van der Waals surface area contributed by atoms with Gasteiger partial charge in [-0.25, -0.2) is 4.79 Å². The molecule has 1 aromatic heterocycles. The molecule has 6 nitrogen and oxygen atoms in total. The molecule has 2 amide bonds. The summed E-state index contributed by atoms with van der Waals surface area (Å²) in [6.45, 7) is 6.33. The molecule has 4 rings (SSSR count). The van der Waals surface area contributed by atoms with Gasteiger partial charge in [0.25, 0.3) is 0 Å². The predicted octanol–water partition coefficient (Wildman–Crippen LogP) is 4.84. The number of rotatable bonds is 6. The Kier molecular flexibility index (Phi) is 5.90. The molecule has 6 heteroatoms. The van der Waals surface area contributed by atoms with E-state index in [1.807, 2.05) is 36.4 Å². The van der Waals surface area contributed by atoms with Crippen LogP contribution in [0.3, 0.4) is 0 Å². The van der Waals surface area contributed by atoms with Gasteiger partial charge in [-0.05, 0) is 56.9 Å². The maximum absolute atomic E-state index is 12.5. The van der Waals surface area contributed by atoms with Crippen molar-refractivity contribution in [3.8, 4) is 5.75 Å². The molecule has 2 heterocycles. The predicted molar refractivity (Wildman–Crippen MR) is 117 cm³/mol. The molecule has 0 atom stereocenters. The number of amides is 2. The van der Waals surface area contributed by atoms with Crippen molar-refractivity contribution in [1.29, 1.82) is 0 Å². The molecule has 1 aliphatic rings. The summed E-state index contributed by atoms with van der Waals surface area (Å²) in [7, 11) is 1.61. The van der Waals surface area contributed by atoms with E-state index >= 15 is 0 Å². The number of methoxy groups -OCH3 is 1. The largest absolute Gasteiger partial charge is 0.495 e. The summed E-state index contributed by atoms with van der Waals surface area (Å²) in [5, 5.41) is 7.95. The van der Waals surface area contributed by atoms with Gasteiger partial charge in [-0.2, -0.15) is 0 Å². The lowest BCUT2D eigenvalue weighted by Gasteiger charge is -2.31. The lowest BCUT2D eigenvalue weighted by atomic mass is 9.97. The Bertz CT molecular complexity index is 990. The molecule has 2 N–H and O–H groups in total. The Balaban J connectivity index is 1.40. The topological polar surface area (TPSA) is 66.7 Å². The minimum atomic E-state index is -0.213. The van der Waals surface area contributed by atoms with Crippen molar-refractivity contribution in [2.24, 2.45) is 5.92 Å². The lowest BCUT2D eigenvalue weighted by molar-refractivity contribution is 0.182. The first-order valence-electron chi connectivity index (χ1n) is 10.4. The van der Waals surface area contributed by atoms with Crippen LogP contribution in [-0.2, 0) is 0 Å². The molecule has 1 fully saturated rings. The Hall–Kier alpha value is -2.73. The van der Waals surface area contributed by atoms with Crippen LogP contribution in [0.15, 0.2) is 40.8 Å². The highest BCUT2D eigenvalue weighted by Gasteiger charge is 2.19. The van der Waals surface area contributed by atoms with E-state index in [2.05, 4.69) is 22.5 Å². The van der Waals surface area contributed by atoms with Gasteiger partial charge in [0, 0.05) is 23.4 Å². The number of hydrogen-bond donors (Lipinski definition) is 2. The van der Waals surface area contributed by atoms with Gasteiger partial charge in [0.05, 0.1) is 12.8 Å². The van der Waals surface area contributed by atoms with E-state index in [1.165, 1.54) is 13.0 Å². The van der Waals surface area contributed by atoms with Crippen LogP contribution in [0.5, 0.6) is 5.75 Å². The van der Waals surface area contributed by atoms with Gasteiger partial charge in [-0.3, -0.25) is 0 Å². The van der Waals surface area contributed by atoms with Crippen LogP contribution >= 0.6 is 0 Å². The summed E-state index contributed by atoms with van der Waals surface area (Å²) in [6.07, 6.45) is 3.46. The second-order valence-electron chi connectivity index (χ2n) is 7.77. The second-order valence-corrected chi connectivity index (χ2v) is 7.77. The van der Waals surface area contributed by atoms with Crippen LogP contribution in [-0.4, -0.2) is 44.2 Å². The molecule has 0 radical (unpaired) electrons. The highest BCUT2D eigenvalue weighted by molar-refractivity contribution is 6.07. The number of nitrogens with zero attached hydrogens (tertiary/aromatic N) is 1. The molecule has 0 spiro atoms. The van der Waals surface area contributed by atoms with Crippen LogP contribution in [0.1, 0.15) is 26.2 Å². The molecule has 0 bridgehead atoms. The quantitative estimate of drug-likeness (QED) is 0.627. The van der Waals surface area contributed by atoms with E-state index in [1.54, 1.807) is 7.11 Å². The number of nitrogens with one attached hydrogen (secondary N) is 2. The van der Waals surface area contributed by atoms with Gasteiger partial charge in [0.15, 0.2) is 0 Å². The molecule has 2 aromatic carbocycles. The monoisotopic (exact) mass is 395 g/mol. The van der Waals surface area contributed by atoms with Crippen molar-refractivity contribution >= 4 is 33.7 Å². The maximum atomic E-state index is 12.5. The minimum absolute atomic E-state index is 0.213. The zero-order valence-corrected chi connectivity index (χ0v) is 17.2. The number of ether oxygens (including phenoxy) is 1. The van der Waals surface area contributed by atoms with Crippen molar-refractivity contribution in [2.45, 2.75) is 26.2 Å². The van der Waals surface area contributed by atoms with Gasteiger partial charge in [0.2, 0.25) is 0 Å². The van der Waals surface area contributed by atoms with E-state index < -0.39 is 0 Å². The average Bonchev–Trinajstić information content (AvgIpc) is 3.10. The number of hydrogen-bond acceptors (Lipinski definition) is 4. The third-order valence-corrected chi connectivity index (χ3v) is 5.75. The van der Waals surface area contributed by atoms with Crippen LogP contribution in [0.2, 0.25) is 0 Å². The van der Waals surface area contributed by atoms with Gasteiger partial charge >= 0.3 is 6.03 Å². The number of piperidine rings is 1. The highest BCUT2D eigenvalue weighted by atomic mass is 16.5. The van der Waals surface area contributed by atoms with E-state index in [9.17, 15) is 4.79 Å². The van der Waals surface area contributed by atoms with Gasteiger partial charge < -0.3 is 24.7 Å². The Morgan fingerprint density at radius 2 is 1.97 bits per heavy atom. The number of furan rings is 1. The Labute approximate surface area is 171 Å². The van der Waals surface area contributed by atoms with Gasteiger partial charge in [-0.15, -0.1) is 0 Å². The van der Waals surface area contributed by atoms with E-state index in [0.29, 0.717) is 23.9 Å². The molecule has 0 saturated carbocycles. The SMILES string of the molecule is CCCN1CCC(CNC(=O)Nc2cc3oc4ccccc4c3cc2OC)CC1. The Morgan fingerprint density at radius 1 is 1.17 bits per heavy atom. The molecular formula is C23H29N3O3. The van der Waals surface area contributed by atoms with Crippen LogP contribution in [0, 0.1) is 5.92 Å². The third-order valence-electron chi connectivity index (χ3n) is 5.75. The van der Waals surface area contributed by atoms with Crippen molar-refractivity contribution in [1.82, 2.24) is 10.2 Å². The molecule has 154 valence electrons. The number of anilines is 1. The first kappa shape index (κ1) is 19.6. The summed E-state index contributed by atoms with van der Waals surface area (Å²) in [6, 6.07) is 11.4. The zero-order chi connectivity index (χ0) is 20.2. The highest BCUT2D eigenvalue weighted by Crippen LogP contribution is 2.36. The minimum Gasteiger partial charge on any atom is -0.495 e. The molecule has 1 aliphatic heterocycles. The van der Waals surface area contributed by atoms with Crippen LogP contribution < -0.4 is 15.4 Å². The summed E-state index contributed by atoms with van der Waals surface area (Å²) >= 11 is 0. The van der Waals surface area contributed by atoms with Crippen molar-refractivity contribution in [3.63, 3.8) is 0 Å². The molecule has 3 aromatic rings. The number of para-hydroxylation sites is 1. The zero-order valence-electron chi connectivity index (χ0n) is 17.2. The van der Waals surface area contributed by atoms with Crippen molar-refractivity contribution in [3.05, 3.63) is 36.4 Å². The number of carbonyl (C=O) groups excluding carboxylic acids is 1. The first-order chi connectivity index (χ1) is 14.2. The van der Waals surface area contributed by atoms with E-state index in [0.717, 1.165) is 47.9 Å². The van der Waals surface area contributed by atoms with Crippen LogP contribution in [0.4, 0.5) is 10.5 Å². The Morgan fingerprint density at radius 3 is 2.72 bits per heavy atom. The number of likely N-dealkylation sites (tertiary alicyclic amines) is 1. The fraction of sp³-hybridized carbons (Fsp3) is 0.435. The van der Waals surface area contributed by atoms with Crippen molar-refractivity contribution in [2.75, 3.05) is 38.6 Å².